The summed E-state index contributed by atoms with van der Waals surface area (Å²) in [6, 6.07) is 0. The van der Waals surface area contributed by atoms with Gasteiger partial charge in [0.1, 0.15) is 13.2 Å². The zero-order valence-electron chi connectivity index (χ0n) is 38.9. The summed E-state index contributed by atoms with van der Waals surface area (Å²) in [6.45, 7) is 6.40. The second-order valence-corrected chi connectivity index (χ2v) is 16.0. The second-order valence-electron chi connectivity index (χ2n) is 16.0. The molecule has 0 aliphatic rings. The third-order valence-electron chi connectivity index (χ3n) is 10.1. The molecule has 0 saturated carbocycles. The largest absolute Gasteiger partial charge is 0.462 e. The van der Waals surface area contributed by atoms with Crippen LogP contribution < -0.4 is 0 Å². The Morgan fingerprint density at radius 2 is 0.683 bits per heavy atom. The molecule has 0 bridgehead atoms. The standard InChI is InChI=1S/C54H90O6/c1-4-7-10-13-16-19-22-24-26-27-28-30-32-35-38-41-44-47-53(56)59-50-51(49-58-52(55)46-43-40-37-34-31-21-18-15-12-9-6-3)60-54(57)48-45-42-39-36-33-29-25-23-20-17-14-11-8-5-2/h7,10,15-16,18-19,24,26,28-30,33,35,38,51H,4-6,8-9,11-14,17,20-23,25,27,31-32,34,36-37,39-50H2,1-3H3/b10-7-,18-15-,19-16-,26-24-,30-28-,33-29-,38-35-. The molecule has 0 rings (SSSR count). The minimum Gasteiger partial charge on any atom is -0.462 e. The van der Waals surface area contributed by atoms with E-state index in [0.29, 0.717) is 19.3 Å². The minimum atomic E-state index is -0.809. The van der Waals surface area contributed by atoms with Gasteiger partial charge in [-0.2, -0.15) is 0 Å². The number of ether oxygens (including phenoxy) is 3. The van der Waals surface area contributed by atoms with Crippen LogP contribution in [0.2, 0.25) is 0 Å². The first kappa shape index (κ1) is 56.6. The van der Waals surface area contributed by atoms with Gasteiger partial charge in [0.2, 0.25) is 0 Å². The smallest absolute Gasteiger partial charge is 0.306 e. The van der Waals surface area contributed by atoms with E-state index in [1.165, 1.54) is 70.6 Å². The normalized spacial score (nSPS) is 12.8. The van der Waals surface area contributed by atoms with Crippen molar-refractivity contribution < 1.29 is 28.6 Å². The number of esters is 3. The van der Waals surface area contributed by atoms with Gasteiger partial charge in [-0.05, 0) is 103 Å². The topological polar surface area (TPSA) is 78.9 Å². The Bertz CT molecular complexity index is 1190. The Morgan fingerprint density at radius 1 is 0.350 bits per heavy atom. The van der Waals surface area contributed by atoms with Crippen LogP contribution in [0.25, 0.3) is 0 Å². The van der Waals surface area contributed by atoms with Gasteiger partial charge in [0, 0.05) is 19.3 Å². The van der Waals surface area contributed by atoms with E-state index in [1.807, 2.05) is 0 Å². The minimum absolute atomic E-state index is 0.105. The molecule has 0 aromatic heterocycles. The molecule has 1 atom stereocenters. The highest BCUT2D eigenvalue weighted by Gasteiger charge is 2.19. The lowest BCUT2D eigenvalue weighted by molar-refractivity contribution is -0.167. The lowest BCUT2D eigenvalue weighted by atomic mass is 10.1. The summed E-state index contributed by atoms with van der Waals surface area (Å²) in [4.78, 5) is 37.8. The quantitative estimate of drug-likeness (QED) is 0.0263. The van der Waals surface area contributed by atoms with Crippen LogP contribution in [0.5, 0.6) is 0 Å². The Hall–Kier alpha value is -3.41. The van der Waals surface area contributed by atoms with Crippen LogP contribution in [-0.2, 0) is 28.6 Å². The molecular weight excluding hydrogens is 745 g/mol. The van der Waals surface area contributed by atoms with Gasteiger partial charge >= 0.3 is 17.9 Å². The number of rotatable bonds is 43. The number of allylic oxidation sites excluding steroid dienone is 14. The number of hydrogen-bond acceptors (Lipinski definition) is 6. The van der Waals surface area contributed by atoms with Gasteiger partial charge in [-0.25, -0.2) is 0 Å². The Balaban J connectivity index is 4.50. The monoisotopic (exact) mass is 835 g/mol. The maximum absolute atomic E-state index is 12.8. The average Bonchev–Trinajstić information content (AvgIpc) is 3.24. The number of hydrogen-bond donors (Lipinski definition) is 0. The summed E-state index contributed by atoms with van der Waals surface area (Å²) in [7, 11) is 0. The second kappa shape index (κ2) is 48.3. The van der Waals surface area contributed by atoms with Crippen LogP contribution in [0, 0.1) is 0 Å². The molecule has 342 valence electrons. The molecular formula is C54H90O6. The Morgan fingerprint density at radius 3 is 1.17 bits per heavy atom. The van der Waals surface area contributed by atoms with Gasteiger partial charge in [-0.15, -0.1) is 0 Å². The van der Waals surface area contributed by atoms with Crippen LogP contribution in [0.4, 0.5) is 0 Å². The molecule has 1 unspecified atom stereocenters. The maximum Gasteiger partial charge on any atom is 0.306 e. The molecule has 0 radical (unpaired) electrons. The van der Waals surface area contributed by atoms with Crippen molar-refractivity contribution in [3.8, 4) is 0 Å². The molecule has 0 aromatic carbocycles. The SMILES string of the molecule is CC/C=C\C/C=C\C/C=C\C/C=C\C/C=C\CCCC(=O)OCC(COC(=O)CCCCCCC/C=C\CCCC)OC(=O)CCCCC/C=C\CCCCCCCCC. The molecule has 0 N–H and O–H groups in total. The molecule has 0 amide bonds. The van der Waals surface area contributed by atoms with Gasteiger partial charge in [0.15, 0.2) is 6.10 Å². The highest BCUT2D eigenvalue weighted by atomic mass is 16.6. The van der Waals surface area contributed by atoms with Gasteiger partial charge in [0.25, 0.3) is 0 Å². The van der Waals surface area contributed by atoms with Crippen molar-refractivity contribution in [3.05, 3.63) is 85.1 Å². The van der Waals surface area contributed by atoms with Crippen molar-refractivity contribution in [1.82, 2.24) is 0 Å². The molecule has 0 spiro atoms. The van der Waals surface area contributed by atoms with Crippen molar-refractivity contribution >= 4 is 17.9 Å². The molecule has 0 aliphatic carbocycles. The lowest BCUT2D eigenvalue weighted by Crippen LogP contribution is -2.30. The van der Waals surface area contributed by atoms with Crippen LogP contribution >= 0.6 is 0 Å². The molecule has 0 heterocycles. The van der Waals surface area contributed by atoms with Gasteiger partial charge < -0.3 is 14.2 Å². The van der Waals surface area contributed by atoms with E-state index in [1.54, 1.807) is 0 Å². The summed E-state index contributed by atoms with van der Waals surface area (Å²) < 4.78 is 16.7. The van der Waals surface area contributed by atoms with E-state index in [9.17, 15) is 14.4 Å². The molecule has 0 saturated heterocycles. The van der Waals surface area contributed by atoms with E-state index in [0.717, 1.165) is 103 Å². The van der Waals surface area contributed by atoms with Crippen molar-refractivity contribution in [2.45, 2.75) is 226 Å². The van der Waals surface area contributed by atoms with E-state index < -0.39 is 6.10 Å². The zero-order valence-corrected chi connectivity index (χ0v) is 38.9. The molecule has 6 nitrogen and oxygen atoms in total. The predicted octanol–water partition coefficient (Wildman–Crippen LogP) is 16.0. The van der Waals surface area contributed by atoms with Crippen LogP contribution in [0.3, 0.4) is 0 Å². The number of carbonyl (C=O) groups excluding carboxylic acids is 3. The van der Waals surface area contributed by atoms with Gasteiger partial charge in [0.05, 0.1) is 0 Å². The van der Waals surface area contributed by atoms with Crippen LogP contribution in [0.1, 0.15) is 220 Å². The summed E-state index contributed by atoms with van der Waals surface area (Å²) in [5.41, 5.74) is 0. The number of carbonyl (C=O) groups is 3. The molecule has 60 heavy (non-hydrogen) atoms. The maximum atomic E-state index is 12.8. The van der Waals surface area contributed by atoms with Gasteiger partial charge in [-0.1, -0.05) is 183 Å². The highest BCUT2D eigenvalue weighted by Crippen LogP contribution is 2.12. The van der Waals surface area contributed by atoms with Crippen molar-refractivity contribution in [2.24, 2.45) is 0 Å². The molecule has 6 heteroatoms. The van der Waals surface area contributed by atoms with Crippen molar-refractivity contribution in [3.63, 3.8) is 0 Å². The van der Waals surface area contributed by atoms with Crippen LogP contribution in [0.15, 0.2) is 85.1 Å². The average molecular weight is 835 g/mol. The third kappa shape index (κ3) is 45.7. The summed E-state index contributed by atoms with van der Waals surface area (Å²) in [5, 5.41) is 0. The number of unbranched alkanes of at least 4 members (excludes halogenated alkanes) is 18. The zero-order chi connectivity index (χ0) is 43.7. The molecule has 0 fully saturated rings. The van der Waals surface area contributed by atoms with Crippen LogP contribution in [-0.4, -0.2) is 37.2 Å². The first-order valence-corrected chi connectivity index (χ1v) is 24.6. The Kier molecular flexibility index (Phi) is 45.5. The third-order valence-corrected chi connectivity index (χ3v) is 10.1. The predicted molar refractivity (Wildman–Crippen MR) is 256 cm³/mol. The van der Waals surface area contributed by atoms with Gasteiger partial charge in [-0.3, -0.25) is 14.4 Å². The van der Waals surface area contributed by atoms with E-state index >= 15 is 0 Å². The fourth-order valence-electron chi connectivity index (χ4n) is 6.39. The fraction of sp³-hybridized carbons (Fsp3) is 0.685. The highest BCUT2D eigenvalue weighted by molar-refractivity contribution is 5.71. The first-order chi connectivity index (χ1) is 29.5. The summed E-state index contributed by atoms with van der Waals surface area (Å²) in [5.74, 6) is -0.996. The summed E-state index contributed by atoms with van der Waals surface area (Å²) >= 11 is 0. The first-order valence-electron chi connectivity index (χ1n) is 24.6. The molecule has 0 aromatic rings. The van der Waals surface area contributed by atoms with Crippen molar-refractivity contribution in [2.75, 3.05) is 13.2 Å². The Labute approximate surface area is 369 Å². The van der Waals surface area contributed by atoms with E-state index in [4.69, 9.17) is 14.2 Å². The molecule has 0 aliphatic heterocycles. The van der Waals surface area contributed by atoms with Crippen molar-refractivity contribution in [1.29, 1.82) is 0 Å². The van der Waals surface area contributed by atoms with E-state index in [-0.39, 0.29) is 37.5 Å². The lowest BCUT2D eigenvalue weighted by Gasteiger charge is -2.18. The van der Waals surface area contributed by atoms with E-state index in [2.05, 4.69) is 106 Å². The summed E-state index contributed by atoms with van der Waals surface area (Å²) in [6.07, 6.45) is 61.4. The fourth-order valence-corrected chi connectivity index (χ4v) is 6.39.